The van der Waals surface area contributed by atoms with E-state index in [9.17, 15) is 5.11 Å². The fourth-order valence-electron chi connectivity index (χ4n) is 3.01. The summed E-state index contributed by atoms with van der Waals surface area (Å²) in [4.78, 5) is 2.39. The van der Waals surface area contributed by atoms with Crippen LogP contribution in [0, 0.1) is 0 Å². The van der Waals surface area contributed by atoms with E-state index >= 15 is 0 Å². The molecule has 2 heteroatoms. The van der Waals surface area contributed by atoms with Crippen molar-refractivity contribution in [3.05, 3.63) is 48.0 Å². The molecule has 1 saturated heterocycles. The Morgan fingerprint density at radius 3 is 2.74 bits per heavy atom. The van der Waals surface area contributed by atoms with Crippen LogP contribution >= 0.6 is 0 Å². The molecule has 100 valence electrons. The largest absolute Gasteiger partial charge is 0.392 e. The van der Waals surface area contributed by atoms with E-state index in [0.717, 1.165) is 25.9 Å². The van der Waals surface area contributed by atoms with E-state index in [2.05, 4.69) is 54.3 Å². The van der Waals surface area contributed by atoms with Gasteiger partial charge in [-0.15, -0.1) is 0 Å². The second kappa shape index (κ2) is 5.32. The second-order valence-electron chi connectivity index (χ2n) is 5.57. The zero-order valence-corrected chi connectivity index (χ0v) is 11.4. The van der Waals surface area contributed by atoms with Crippen LogP contribution in [-0.4, -0.2) is 29.2 Å². The minimum atomic E-state index is -0.156. The van der Waals surface area contributed by atoms with Gasteiger partial charge in [0.25, 0.3) is 0 Å². The van der Waals surface area contributed by atoms with E-state index < -0.39 is 0 Å². The van der Waals surface area contributed by atoms with Gasteiger partial charge in [-0.2, -0.15) is 0 Å². The molecule has 2 nitrogen and oxygen atoms in total. The van der Waals surface area contributed by atoms with Crippen LogP contribution in [-0.2, 0) is 0 Å². The maximum atomic E-state index is 9.81. The molecule has 0 spiro atoms. The van der Waals surface area contributed by atoms with Gasteiger partial charge < -0.3 is 5.11 Å². The SMILES string of the molecule is CC(c1ccc2ccccc2c1)N1CCCC(O)C1. The topological polar surface area (TPSA) is 23.5 Å². The van der Waals surface area contributed by atoms with Crippen LogP contribution in [0.5, 0.6) is 0 Å². The van der Waals surface area contributed by atoms with Crippen LogP contribution in [0.3, 0.4) is 0 Å². The first kappa shape index (κ1) is 12.6. The number of piperidine rings is 1. The fraction of sp³-hybridized carbons (Fsp3) is 0.412. The number of fused-ring (bicyclic) bond motifs is 1. The van der Waals surface area contributed by atoms with E-state index in [0.29, 0.717) is 6.04 Å². The number of aliphatic hydroxyl groups is 1. The normalized spacial score (nSPS) is 22.5. The maximum Gasteiger partial charge on any atom is 0.0667 e. The highest BCUT2D eigenvalue weighted by Gasteiger charge is 2.22. The second-order valence-corrected chi connectivity index (χ2v) is 5.57. The van der Waals surface area contributed by atoms with Crippen molar-refractivity contribution in [2.24, 2.45) is 0 Å². The Balaban J connectivity index is 1.86. The van der Waals surface area contributed by atoms with Gasteiger partial charge in [0.15, 0.2) is 0 Å². The maximum absolute atomic E-state index is 9.81. The molecule has 1 heterocycles. The lowest BCUT2D eigenvalue weighted by Gasteiger charge is -2.35. The van der Waals surface area contributed by atoms with E-state index in [1.807, 2.05) is 0 Å². The van der Waals surface area contributed by atoms with Gasteiger partial charge in [-0.05, 0) is 48.7 Å². The molecule has 0 aromatic heterocycles. The fourth-order valence-corrected chi connectivity index (χ4v) is 3.01. The molecule has 0 bridgehead atoms. The number of likely N-dealkylation sites (tertiary alicyclic amines) is 1. The molecule has 2 unspecified atom stereocenters. The Bertz CT molecular complexity index is 566. The van der Waals surface area contributed by atoms with Crippen molar-refractivity contribution in [2.75, 3.05) is 13.1 Å². The van der Waals surface area contributed by atoms with E-state index in [1.54, 1.807) is 0 Å². The lowest BCUT2D eigenvalue weighted by atomic mass is 9.99. The molecular weight excluding hydrogens is 234 g/mol. The predicted molar refractivity (Wildman–Crippen MR) is 79.2 cm³/mol. The van der Waals surface area contributed by atoms with Crippen LogP contribution in [0.15, 0.2) is 42.5 Å². The number of benzene rings is 2. The van der Waals surface area contributed by atoms with Crippen LogP contribution in [0.1, 0.15) is 31.4 Å². The Labute approximate surface area is 114 Å². The quantitative estimate of drug-likeness (QED) is 0.889. The molecule has 19 heavy (non-hydrogen) atoms. The average Bonchev–Trinajstić information content (AvgIpc) is 2.46. The molecule has 0 radical (unpaired) electrons. The molecule has 2 aromatic carbocycles. The summed E-state index contributed by atoms with van der Waals surface area (Å²) in [5.74, 6) is 0. The molecular formula is C17H21NO. The number of nitrogens with zero attached hydrogens (tertiary/aromatic N) is 1. The van der Waals surface area contributed by atoms with Crippen molar-refractivity contribution in [3.8, 4) is 0 Å². The van der Waals surface area contributed by atoms with Crippen LogP contribution in [0.4, 0.5) is 0 Å². The van der Waals surface area contributed by atoms with Gasteiger partial charge in [0, 0.05) is 12.6 Å². The average molecular weight is 255 g/mol. The number of hydrogen-bond donors (Lipinski definition) is 1. The number of rotatable bonds is 2. The number of β-amino-alcohol motifs (C(OH)–C–C–N with tert-alkyl or cyclic N) is 1. The van der Waals surface area contributed by atoms with Crippen molar-refractivity contribution in [1.82, 2.24) is 4.90 Å². The van der Waals surface area contributed by atoms with Crippen molar-refractivity contribution >= 4 is 10.8 Å². The Morgan fingerprint density at radius 2 is 1.95 bits per heavy atom. The van der Waals surface area contributed by atoms with Gasteiger partial charge in [-0.25, -0.2) is 0 Å². The first-order chi connectivity index (χ1) is 9.24. The van der Waals surface area contributed by atoms with E-state index in [-0.39, 0.29) is 6.10 Å². The van der Waals surface area contributed by atoms with Crippen molar-refractivity contribution < 1.29 is 5.11 Å². The molecule has 0 saturated carbocycles. The smallest absolute Gasteiger partial charge is 0.0667 e. The van der Waals surface area contributed by atoms with Crippen molar-refractivity contribution in [2.45, 2.75) is 31.9 Å². The first-order valence-electron chi connectivity index (χ1n) is 7.15. The predicted octanol–water partition coefficient (Wildman–Crippen LogP) is 3.36. The summed E-state index contributed by atoms with van der Waals surface area (Å²) in [6.45, 7) is 4.13. The minimum Gasteiger partial charge on any atom is -0.392 e. The Hall–Kier alpha value is -1.38. The molecule has 1 aliphatic heterocycles. The van der Waals surface area contributed by atoms with Gasteiger partial charge in [-0.1, -0.05) is 36.4 Å². The molecule has 1 fully saturated rings. The summed E-state index contributed by atoms with van der Waals surface area (Å²) in [7, 11) is 0. The van der Waals surface area contributed by atoms with Gasteiger partial charge in [0.2, 0.25) is 0 Å². The molecule has 1 aliphatic rings. The van der Waals surface area contributed by atoms with Crippen LogP contribution in [0.25, 0.3) is 10.8 Å². The summed E-state index contributed by atoms with van der Waals surface area (Å²) < 4.78 is 0. The lowest BCUT2D eigenvalue weighted by molar-refractivity contribution is 0.0504. The highest BCUT2D eigenvalue weighted by molar-refractivity contribution is 5.83. The first-order valence-corrected chi connectivity index (χ1v) is 7.15. The van der Waals surface area contributed by atoms with Crippen LogP contribution < -0.4 is 0 Å². The summed E-state index contributed by atoms with van der Waals surface area (Å²) in [5, 5.41) is 12.4. The van der Waals surface area contributed by atoms with Crippen molar-refractivity contribution in [1.29, 1.82) is 0 Å². The monoisotopic (exact) mass is 255 g/mol. The highest BCUT2D eigenvalue weighted by atomic mass is 16.3. The molecule has 0 amide bonds. The minimum absolute atomic E-state index is 0.156. The van der Waals surface area contributed by atoms with Gasteiger partial charge in [0.05, 0.1) is 6.10 Å². The summed E-state index contributed by atoms with van der Waals surface area (Å²) in [6.07, 6.45) is 1.89. The van der Waals surface area contributed by atoms with E-state index in [4.69, 9.17) is 0 Å². The summed E-state index contributed by atoms with van der Waals surface area (Å²) in [6, 6.07) is 15.5. The van der Waals surface area contributed by atoms with Gasteiger partial charge >= 0.3 is 0 Å². The standard InChI is InChI=1S/C17H21NO/c1-13(18-10-4-7-17(19)12-18)15-9-8-14-5-2-3-6-16(14)11-15/h2-3,5-6,8-9,11,13,17,19H,4,7,10,12H2,1H3. The third-order valence-corrected chi connectivity index (χ3v) is 4.23. The van der Waals surface area contributed by atoms with E-state index in [1.165, 1.54) is 16.3 Å². The molecule has 2 atom stereocenters. The zero-order chi connectivity index (χ0) is 13.2. The van der Waals surface area contributed by atoms with Gasteiger partial charge in [0.1, 0.15) is 0 Å². The molecule has 2 aromatic rings. The summed E-state index contributed by atoms with van der Waals surface area (Å²) >= 11 is 0. The van der Waals surface area contributed by atoms with Crippen molar-refractivity contribution in [3.63, 3.8) is 0 Å². The van der Waals surface area contributed by atoms with Crippen LogP contribution in [0.2, 0.25) is 0 Å². The third-order valence-electron chi connectivity index (χ3n) is 4.23. The molecule has 3 rings (SSSR count). The van der Waals surface area contributed by atoms with Gasteiger partial charge in [-0.3, -0.25) is 4.90 Å². The Kier molecular flexibility index (Phi) is 3.54. The zero-order valence-electron chi connectivity index (χ0n) is 11.4. The molecule has 0 aliphatic carbocycles. The number of hydrogen-bond acceptors (Lipinski definition) is 2. The lowest BCUT2D eigenvalue weighted by Crippen LogP contribution is -2.39. The molecule has 1 N–H and O–H groups in total. The number of aliphatic hydroxyl groups excluding tert-OH is 1. The summed E-state index contributed by atoms with van der Waals surface area (Å²) in [5.41, 5.74) is 1.34. The highest BCUT2D eigenvalue weighted by Crippen LogP contribution is 2.26. The Morgan fingerprint density at radius 1 is 1.16 bits per heavy atom. The third kappa shape index (κ3) is 2.65.